The van der Waals surface area contributed by atoms with E-state index in [2.05, 4.69) is 4.74 Å². The molecule has 1 unspecified atom stereocenters. The van der Waals surface area contributed by atoms with E-state index in [0.29, 0.717) is 5.92 Å². The summed E-state index contributed by atoms with van der Waals surface area (Å²) in [5.41, 5.74) is 5.69. The number of ether oxygens (including phenoxy) is 1. The second-order valence-electron chi connectivity index (χ2n) is 4.46. The van der Waals surface area contributed by atoms with Gasteiger partial charge in [0, 0.05) is 0 Å². The van der Waals surface area contributed by atoms with Gasteiger partial charge in [0.05, 0.1) is 7.11 Å². The van der Waals surface area contributed by atoms with Crippen molar-refractivity contribution in [2.45, 2.75) is 31.7 Å². The van der Waals surface area contributed by atoms with E-state index in [9.17, 15) is 4.79 Å². The van der Waals surface area contributed by atoms with E-state index in [0.717, 1.165) is 18.3 Å². The van der Waals surface area contributed by atoms with Crippen LogP contribution in [0.2, 0.25) is 0 Å². The Kier molecular flexibility index (Phi) is 2.28. The third-order valence-corrected chi connectivity index (χ3v) is 3.43. The number of hydrogen-bond donors (Lipinski definition) is 1. The molecule has 2 aliphatic carbocycles. The number of methoxy groups -OCH3 is 1. The van der Waals surface area contributed by atoms with E-state index in [-0.39, 0.29) is 5.97 Å². The van der Waals surface area contributed by atoms with E-state index in [1.165, 1.54) is 26.4 Å². The van der Waals surface area contributed by atoms with Crippen LogP contribution in [-0.4, -0.2) is 19.1 Å². The standard InChI is InChI=1S/C10H17NO2/c1-13-10(12)9(11)4-6-2-7-5-8(7)3-6/h6-9H,2-5,11H2,1H3/t6-,7+,8-,9?. The zero-order chi connectivity index (χ0) is 9.42. The van der Waals surface area contributed by atoms with Crippen molar-refractivity contribution in [1.82, 2.24) is 0 Å². The normalized spacial score (nSPS) is 38.2. The Morgan fingerprint density at radius 1 is 1.46 bits per heavy atom. The summed E-state index contributed by atoms with van der Waals surface area (Å²) in [5, 5.41) is 0. The van der Waals surface area contributed by atoms with Gasteiger partial charge in [0.25, 0.3) is 0 Å². The zero-order valence-corrected chi connectivity index (χ0v) is 8.03. The lowest BCUT2D eigenvalue weighted by molar-refractivity contribution is -0.142. The van der Waals surface area contributed by atoms with E-state index < -0.39 is 6.04 Å². The molecular formula is C10H17NO2. The Morgan fingerprint density at radius 3 is 2.62 bits per heavy atom. The molecule has 0 aromatic rings. The van der Waals surface area contributed by atoms with Crippen molar-refractivity contribution >= 4 is 5.97 Å². The second kappa shape index (κ2) is 3.29. The topological polar surface area (TPSA) is 52.3 Å². The molecule has 2 aliphatic rings. The summed E-state index contributed by atoms with van der Waals surface area (Å²) >= 11 is 0. The minimum absolute atomic E-state index is 0.263. The van der Waals surface area contributed by atoms with Gasteiger partial charge in [-0.25, -0.2) is 0 Å². The van der Waals surface area contributed by atoms with Crippen molar-refractivity contribution < 1.29 is 9.53 Å². The van der Waals surface area contributed by atoms with Crippen LogP contribution in [0.4, 0.5) is 0 Å². The summed E-state index contributed by atoms with van der Waals surface area (Å²) in [5.74, 6) is 2.35. The summed E-state index contributed by atoms with van der Waals surface area (Å²) in [7, 11) is 1.40. The van der Waals surface area contributed by atoms with Crippen molar-refractivity contribution in [2.75, 3.05) is 7.11 Å². The third-order valence-electron chi connectivity index (χ3n) is 3.43. The van der Waals surface area contributed by atoms with E-state index in [4.69, 9.17) is 5.73 Å². The molecule has 0 aliphatic heterocycles. The first kappa shape index (κ1) is 9.00. The summed E-state index contributed by atoms with van der Waals surface area (Å²) in [6.45, 7) is 0. The molecule has 0 aromatic carbocycles. The van der Waals surface area contributed by atoms with Crippen LogP contribution < -0.4 is 5.73 Å². The van der Waals surface area contributed by atoms with Crippen LogP contribution in [0, 0.1) is 17.8 Å². The fourth-order valence-corrected chi connectivity index (χ4v) is 2.64. The average molecular weight is 183 g/mol. The van der Waals surface area contributed by atoms with Gasteiger partial charge in [-0.1, -0.05) is 0 Å². The third kappa shape index (κ3) is 1.85. The molecular weight excluding hydrogens is 166 g/mol. The lowest BCUT2D eigenvalue weighted by Gasteiger charge is -2.15. The predicted molar refractivity (Wildman–Crippen MR) is 48.9 cm³/mol. The lowest BCUT2D eigenvalue weighted by atomic mass is 9.95. The van der Waals surface area contributed by atoms with Crippen LogP contribution in [-0.2, 0) is 9.53 Å². The van der Waals surface area contributed by atoms with Crippen LogP contribution in [0.15, 0.2) is 0 Å². The molecule has 2 N–H and O–H groups in total. The highest BCUT2D eigenvalue weighted by Gasteiger charge is 2.46. The second-order valence-corrected chi connectivity index (χ2v) is 4.46. The van der Waals surface area contributed by atoms with Crippen LogP contribution >= 0.6 is 0 Å². The van der Waals surface area contributed by atoms with Crippen molar-refractivity contribution in [3.63, 3.8) is 0 Å². The first-order valence-corrected chi connectivity index (χ1v) is 5.04. The van der Waals surface area contributed by atoms with Gasteiger partial charge in [0.15, 0.2) is 0 Å². The smallest absolute Gasteiger partial charge is 0.322 e. The molecule has 0 amide bonds. The molecule has 0 heterocycles. The fourth-order valence-electron chi connectivity index (χ4n) is 2.64. The molecule has 0 spiro atoms. The van der Waals surface area contributed by atoms with Crippen LogP contribution in [0.5, 0.6) is 0 Å². The number of hydrogen-bond acceptors (Lipinski definition) is 3. The van der Waals surface area contributed by atoms with Crippen LogP contribution in [0.25, 0.3) is 0 Å². The van der Waals surface area contributed by atoms with Crippen molar-refractivity contribution in [3.8, 4) is 0 Å². The summed E-state index contributed by atoms with van der Waals surface area (Å²) < 4.78 is 4.60. The maximum Gasteiger partial charge on any atom is 0.322 e. The molecule has 2 rings (SSSR count). The molecule has 3 nitrogen and oxygen atoms in total. The lowest BCUT2D eigenvalue weighted by Crippen LogP contribution is -2.33. The highest BCUT2D eigenvalue weighted by Crippen LogP contribution is 2.55. The first-order valence-electron chi connectivity index (χ1n) is 5.04. The highest BCUT2D eigenvalue weighted by molar-refractivity contribution is 5.75. The Morgan fingerprint density at radius 2 is 2.08 bits per heavy atom. The number of esters is 1. The van der Waals surface area contributed by atoms with E-state index >= 15 is 0 Å². The molecule has 4 atom stereocenters. The molecule has 0 bridgehead atoms. The molecule has 2 saturated carbocycles. The van der Waals surface area contributed by atoms with E-state index in [1.807, 2.05) is 0 Å². The number of carbonyl (C=O) groups excluding carboxylic acids is 1. The van der Waals surface area contributed by atoms with Crippen molar-refractivity contribution in [3.05, 3.63) is 0 Å². The van der Waals surface area contributed by atoms with Crippen LogP contribution in [0.3, 0.4) is 0 Å². The Bertz CT molecular complexity index is 207. The SMILES string of the molecule is COC(=O)C(N)C[C@H]1C[C@@H]2C[C@@H]2C1. The highest BCUT2D eigenvalue weighted by atomic mass is 16.5. The maximum atomic E-state index is 11.0. The van der Waals surface area contributed by atoms with Gasteiger partial charge in [-0.05, 0) is 43.4 Å². The quantitative estimate of drug-likeness (QED) is 0.662. The molecule has 0 saturated heterocycles. The summed E-state index contributed by atoms with van der Waals surface area (Å²) in [4.78, 5) is 11.0. The monoisotopic (exact) mass is 183 g/mol. The van der Waals surface area contributed by atoms with Gasteiger partial charge in [0.2, 0.25) is 0 Å². The molecule has 2 fully saturated rings. The average Bonchev–Trinajstić information content (AvgIpc) is 2.73. The summed E-state index contributed by atoms with van der Waals surface area (Å²) in [6.07, 6.45) is 4.81. The summed E-state index contributed by atoms with van der Waals surface area (Å²) in [6, 6.07) is -0.396. The molecule has 0 radical (unpaired) electrons. The number of carbonyl (C=O) groups is 1. The molecule has 13 heavy (non-hydrogen) atoms. The number of fused-ring (bicyclic) bond motifs is 1. The van der Waals surface area contributed by atoms with E-state index in [1.54, 1.807) is 0 Å². The van der Waals surface area contributed by atoms with Crippen LogP contribution in [0.1, 0.15) is 25.7 Å². The minimum atomic E-state index is -0.396. The molecule has 3 heteroatoms. The van der Waals surface area contributed by atoms with Gasteiger partial charge in [-0.15, -0.1) is 0 Å². The van der Waals surface area contributed by atoms with Gasteiger partial charge in [0.1, 0.15) is 6.04 Å². The Labute approximate surface area is 78.6 Å². The fraction of sp³-hybridized carbons (Fsp3) is 0.900. The van der Waals surface area contributed by atoms with Gasteiger partial charge < -0.3 is 10.5 Å². The van der Waals surface area contributed by atoms with Gasteiger partial charge in [-0.2, -0.15) is 0 Å². The number of nitrogens with two attached hydrogens (primary N) is 1. The number of rotatable bonds is 3. The Balaban J connectivity index is 1.74. The maximum absolute atomic E-state index is 11.0. The first-order chi connectivity index (χ1) is 6.20. The van der Waals surface area contributed by atoms with Gasteiger partial charge in [-0.3, -0.25) is 4.79 Å². The van der Waals surface area contributed by atoms with Crippen molar-refractivity contribution in [1.29, 1.82) is 0 Å². The molecule has 0 aromatic heterocycles. The zero-order valence-electron chi connectivity index (χ0n) is 8.03. The minimum Gasteiger partial charge on any atom is -0.468 e. The van der Waals surface area contributed by atoms with Gasteiger partial charge >= 0.3 is 5.97 Å². The van der Waals surface area contributed by atoms with Crippen molar-refractivity contribution in [2.24, 2.45) is 23.5 Å². The predicted octanol–water partition coefficient (Wildman–Crippen LogP) is 0.923. The molecule has 74 valence electrons. The Hall–Kier alpha value is -0.570. The largest absolute Gasteiger partial charge is 0.468 e.